The number of ether oxygens (including phenoxy) is 1. The van der Waals surface area contributed by atoms with Crippen LogP contribution in [0.3, 0.4) is 0 Å². The van der Waals surface area contributed by atoms with Gasteiger partial charge in [0.2, 0.25) is 5.91 Å². The van der Waals surface area contributed by atoms with Crippen molar-refractivity contribution in [2.24, 2.45) is 0 Å². The molecule has 6 heteroatoms. The number of rotatable bonds is 6. The van der Waals surface area contributed by atoms with Crippen molar-refractivity contribution in [1.82, 2.24) is 10.6 Å². The van der Waals surface area contributed by atoms with E-state index in [1.165, 1.54) is 0 Å². The predicted molar refractivity (Wildman–Crippen MR) is 105 cm³/mol. The van der Waals surface area contributed by atoms with E-state index in [9.17, 15) is 14.4 Å². The molecule has 3 rings (SSSR count). The van der Waals surface area contributed by atoms with E-state index >= 15 is 0 Å². The summed E-state index contributed by atoms with van der Waals surface area (Å²) in [5.74, 6) is -0.965. The first-order valence-electron chi connectivity index (χ1n) is 9.47. The summed E-state index contributed by atoms with van der Waals surface area (Å²) in [6.07, 6.45) is 0.951. The van der Waals surface area contributed by atoms with E-state index in [1.807, 2.05) is 37.3 Å². The summed E-state index contributed by atoms with van der Waals surface area (Å²) in [7, 11) is 0. The van der Waals surface area contributed by atoms with Gasteiger partial charge in [0.25, 0.3) is 5.91 Å². The number of amides is 2. The summed E-state index contributed by atoms with van der Waals surface area (Å²) in [4.78, 5) is 36.8. The highest BCUT2D eigenvalue weighted by Gasteiger charge is 2.28. The Morgan fingerprint density at radius 2 is 1.93 bits per heavy atom. The highest BCUT2D eigenvalue weighted by Crippen LogP contribution is 2.31. The molecule has 6 nitrogen and oxygen atoms in total. The van der Waals surface area contributed by atoms with Gasteiger partial charge in [0, 0.05) is 18.5 Å². The Balaban J connectivity index is 1.74. The first-order valence-corrected chi connectivity index (χ1v) is 9.47. The van der Waals surface area contributed by atoms with E-state index in [0.29, 0.717) is 24.1 Å². The molecule has 1 heterocycles. The highest BCUT2D eigenvalue weighted by molar-refractivity contribution is 5.99. The van der Waals surface area contributed by atoms with Crippen molar-refractivity contribution in [3.63, 3.8) is 0 Å². The highest BCUT2D eigenvalue weighted by atomic mass is 16.5. The predicted octanol–water partition coefficient (Wildman–Crippen LogP) is 2.79. The van der Waals surface area contributed by atoms with Gasteiger partial charge in [-0.15, -0.1) is 0 Å². The topological polar surface area (TPSA) is 84.5 Å². The minimum atomic E-state index is -0.642. The maximum absolute atomic E-state index is 12.5. The number of esters is 1. The molecule has 0 unspecified atom stereocenters. The molecule has 2 aromatic rings. The molecule has 0 saturated heterocycles. The fourth-order valence-electron chi connectivity index (χ4n) is 3.14. The molecule has 2 amide bonds. The van der Waals surface area contributed by atoms with Crippen LogP contribution in [0.5, 0.6) is 0 Å². The summed E-state index contributed by atoms with van der Waals surface area (Å²) in [6.45, 7) is 4.18. The van der Waals surface area contributed by atoms with Gasteiger partial charge in [-0.05, 0) is 42.7 Å². The summed E-state index contributed by atoms with van der Waals surface area (Å²) >= 11 is 0. The quantitative estimate of drug-likeness (QED) is 0.755. The molecule has 2 aromatic carbocycles. The molecule has 0 fully saturated rings. The second-order valence-electron chi connectivity index (χ2n) is 6.87. The monoisotopic (exact) mass is 380 g/mol. The zero-order valence-electron chi connectivity index (χ0n) is 16.0. The van der Waals surface area contributed by atoms with Gasteiger partial charge in [0.15, 0.2) is 0 Å². The van der Waals surface area contributed by atoms with Crippen LogP contribution in [0.2, 0.25) is 0 Å². The standard InChI is InChI=1S/C22H24N2O4/c1-3-11-23-20(25)14(2)24-21(26)16-9-10-18-17(12-16)13-19(28-22(18)27)15-7-5-4-6-8-15/h4-10,12,14,19H,3,11,13H2,1-2H3,(H,23,25)(H,24,26)/t14-,19+/m0/s1. The van der Waals surface area contributed by atoms with Crippen molar-refractivity contribution in [3.8, 4) is 0 Å². The number of carbonyl (C=O) groups is 3. The van der Waals surface area contributed by atoms with Crippen LogP contribution >= 0.6 is 0 Å². The molecule has 1 aliphatic rings. The Morgan fingerprint density at radius 3 is 2.64 bits per heavy atom. The molecular weight excluding hydrogens is 356 g/mol. The molecule has 0 aliphatic carbocycles. The smallest absolute Gasteiger partial charge is 0.339 e. The van der Waals surface area contributed by atoms with Crippen LogP contribution in [0.15, 0.2) is 48.5 Å². The Morgan fingerprint density at radius 1 is 1.18 bits per heavy atom. The SMILES string of the molecule is CCCNC(=O)[C@H](C)NC(=O)c1ccc2c(c1)C[C@H](c1ccccc1)OC2=O. The number of hydrogen-bond donors (Lipinski definition) is 2. The van der Waals surface area contributed by atoms with Gasteiger partial charge in [-0.3, -0.25) is 9.59 Å². The van der Waals surface area contributed by atoms with Crippen molar-refractivity contribution in [2.75, 3.05) is 6.54 Å². The maximum Gasteiger partial charge on any atom is 0.339 e. The first-order chi connectivity index (χ1) is 13.5. The number of carbonyl (C=O) groups excluding carboxylic acids is 3. The van der Waals surface area contributed by atoms with Gasteiger partial charge in [0.05, 0.1) is 5.56 Å². The lowest BCUT2D eigenvalue weighted by atomic mass is 9.93. The van der Waals surface area contributed by atoms with E-state index in [0.717, 1.165) is 17.5 Å². The summed E-state index contributed by atoms with van der Waals surface area (Å²) in [5, 5.41) is 5.45. The van der Waals surface area contributed by atoms with Crippen LogP contribution in [0, 0.1) is 0 Å². The normalized spacial score (nSPS) is 16.5. The van der Waals surface area contributed by atoms with Crippen molar-refractivity contribution in [3.05, 3.63) is 70.8 Å². The lowest BCUT2D eigenvalue weighted by Gasteiger charge is -2.25. The second kappa shape index (κ2) is 8.69. The zero-order valence-corrected chi connectivity index (χ0v) is 16.0. The summed E-state index contributed by atoms with van der Waals surface area (Å²) < 4.78 is 5.54. The van der Waals surface area contributed by atoms with Crippen molar-refractivity contribution in [1.29, 1.82) is 0 Å². The van der Waals surface area contributed by atoms with Gasteiger partial charge < -0.3 is 15.4 Å². The van der Waals surface area contributed by atoms with Gasteiger partial charge in [0.1, 0.15) is 12.1 Å². The number of nitrogens with one attached hydrogen (secondary N) is 2. The first kappa shape index (κ1) is 19.6. The fourth-order valence-corrected chi connectivity index (χ4v) is 3.14. The molecule has 1 aliphatic heterocycles. The number of benzene rings is 2. The number of hydrogen-bond acceptors (Lipinski definition) is 4. The van der Waals surface area contributed by atoms with Crippen molar-refractivity contribution < 1.29 is 19.1 Å². The van der Waals surface area contributed by atoms with Crippen molar-refractivity contribution in [2.45, 2.75) is 38.8 Å². The molecule has 0 spiro atoms. The Labute approximate surface area is 164 Å². The van der Waals surface area contributed by atoms with E-state index in [4.69, 9.17) is 4.74 Å². The Bertz CT molecular complexity index is 879. The molecule has 0 radical (unpaired) electrons. The van der Waals surface area contributed by atoms with Gasteiger partial charge in [-0.2, -0.15) is 0 Å². The van der Waals surface area contributed by atoms with Gasteiger partial charge in [-0.1, -0.05) is 37.3 Å². The second-order valence-corrected chi connectivity index (χ2v) is 6.87. The van der Waals surface area contributed by atoms with E-state index < -0.39 is 12.0 Å². The molecule has 28 heavy (non-hydrogen) atoms. The third kappa shape index (κ3) is 4.39. The number of cyclic esters (lactones) is 1. The third-order valence-electron chi connectivity index (χ3n) is 4.70. The average Bonchev–Trinajstić information content (AvgIpc) is 2.72. The molecule has 0 bridgehead atoms. The minimum Gasteiger partial charge on any atom is -0.454 e. The third-order valence-corrected chi connectivity index (χ3v) is 4.70. The average molecular weight is 380 g/mol. The molecule has 0 aromatic heterocycles. The lowest BCUT2D eigenvalue weighted by molar-refractivity contribution is -0.122. The van der Waals surface area contributed by atoms with Crippen LogP contribution in [0.25, 0.3) is 0 Å². The minimum absolute atomic E-state index is 0.221. The molecule has 146 valence electrons. The molecule has 2 N–H and O–H groups in total. The summed E-state index contributed by atoms with van der Waals surface area (Å²) in [5.41, 5.74) is 2.56. The Kier molecular flexibility index (Phi) is 6.09. The maximum atomic E-state index is 12.5. The van der Waals surface area contributed by atoms with Crippen LogP contribution in [0.4, 0.5) is 0 Å². The lowest BCUT2D eigenvalue weighted by Crippen LogP contribution is -2.45. The Hall–Kier alpha value is -3.15. The van der Waals surface area contributed by atoms with E-state index in [-0.39, 0.29) is 17.9 Å². The molecular formula is C22H24N2O4. The van der Waals surface area contributed by atoms with Crippen molar-refractivity contribution >= 4 is 17.8 Å². The van der Waals surface area contributed by atoms with Gasteiger partial charge in [-0.25, -0.2) is 4.79 Å². The molecule has 0 saturated carbocycles. The van der Waals surface area contributed by atoms with Crippen LogP contribution in [-0.2, 0) is 16.0 Å². The van der Waals surface area contributed by atoms with Crippen LogP contribution < -0.4 is 10.6 Å². The molecule has 2 atom stereocenters. The van der Waals surface area contributed by atoms with E-state index in [1.54, 1.807) is 25.1 Å². The van der Waals surface area contributed by atoms with Gasteiger partial charge >= 0.3 is 5.97 Å². The zero-order chi connectivity index (χ0) is 20.1. The largest absolute Gasteiger partial charge is 0.454 e. The fraction of sp³-hybridized carbons (Fsp3) is 0.318. The van der Waals surface area contributed by atoms with E-state index in [2.05, 4.69) is 10.6 Å². The summed E-state index contributed by atoms with van der Waals surface area (Å²) in [6, 6.07) is 13.8. The van der Waals surface area contributed by atoms with Crippen LogP contribution in [-0.4, -0.2) is 30.4 Å². The number of fused-ring (bicyclic) bond motifs is 1. The van der Waals surface area contributed by atoms with Crippen LogP contribution in [0.1, 0.15) is 58.2 Å².